The van der Waals surface area contributed by atoms with Crippen molar-refractivity contribution in [3.8, 4) is 5.75 Å². The zero-order chi connectivity index (χ0) is 14.8. The fraction of sp³-hybridized carbons (Fsp3) is 0.235. The molecule has 0 aliphatic carbocycles. The van der Waals surface area contributed by atoms with Gasteiger partial charge in [0.25, 0.3) is 5.91 Å². The Bertz CT molecular complexity index is 684. The van der Waals surface area contributed by atoms with Gasteiger partial charge in [0.2, 0.25) is 0 Å². The van der Waals surface area contributed by atoms with Gasteiger partial charge in [-0.05, 0) is 54.8 Å². The fourth-order valence-corrected chi connectivity index (χ4v) is 2.88. The number of nitrogens with zero attached hydrogens (tertiary/aromatic N) is 1. The third kappa shape index (κ3) is 2.74. The van der Waals surface area contributed by atoms with E-state index in [2.05, 4.69) is 0 Å². The fourth-order valence-electron chi connectivity index (χ4n) is 2.69. The summed E-state index contributed by atoms with van der Waals surface area (Å²) < 4.78 is 5.26. The molecule has 0 atom stereocenters. The van der Waals surface area contributed by atoms with Crippen molar-refractivity contribution in [3.05, 3.63) is 58.6 Å². The molecule has 108 valence electrons. The predicted octanol–water partition coefficient (Wildman–Crippen LogP) is 3.94. The lowest BCUT2D eigenvalue weighted by molar-refractivity contribution is 0.0985. The highest BCUT2D eigenvalue weighted by Gasteiger charge is 2.24. The minimum Gasteiger partial charge on any atom is -0.497 e. The van der Waals surface area contributed by atoms with Gasteiger partial charge in [-0.15, -0.1) is 0 Å². The largest absolute Gasteiger partial charge is 0.497 e. The van der Waals surface area contributed by atoms with Gasteiger partial charge in [-0.25, -0.2) is 0 Å². The van der Waals surface area contributed by atoms with E-state index in [1.807, 2.05) is 23.1 Å². The van der Waals surface area contributed by atoms with Crippen molar-refractivity contribution >= 4 is 23.2 Å². The van der Waals surface area contributed by atoms with E-state index in [9.17, 15) is 4.79 Å². The van der Waals surface area contributed by atoms with Crippen LogP contribution in [0.5, 0.6) is 5.75 Å². The first-order chi connectivity index (χ1) is 10.2. The Labute approximate surface area is 129 Å². The third-order valence-corrected chi connectivity index (χ3v) is 3.96. The Balaban J connectivity index is 1.96. The first-order valence-electron chi connectivity index (χ1n) is 6.93. The summed E-state index contributed by atoms with van der Waals surface area (Å²) in [4.78, 5) is 14.5. The molecule has 2 aromatic rings. The Morgan fingerprint density at radius 2 is 2.10 bits per heavy atom. The third-order valence-electron chi connectivity index (χ3n) is 3.72. The summed E-state index contributed by atoms with van der Waals surface area (Å²) >= 11 is 5.98. The van der Waals surface area contributed by atoms with Crippen LogP contribution in [0.3, 0.4) is 0 Å². The first-order valence-corrected chi connectivity index (χ1v) is 7.31. The van der Waals surface area contributed by atoms with Gasteiger partial charge in [0.05, 0.1) is 7.11 Å². The molecule has 1 aliphatic rings. The van der Waals surface area contributed by atoms with Gasteiger partial charge in [0, 0.05) is 22.8 Å². The van der Waals surface area contributed by atoms with Crippen molar-refractivity contribution in [3.63, 3.8) is 0 Å². The number of amides is 1. The van der Waals surface area contributed by atoms with Crippen LogP contribution in [0.15, 0.2) is 42.5 Å². The molecular weight excluding hydrogens is 286 g/mol. The van der Waals surface area contributed by atoms with Crippen LogP contribution in [0.25, 0.3) is 0 Å². The number of ether oxygens (including phenoxy) is 1. The maximum absolute atomic E-state index is 12.7. The highest BCUT2D eigenvalue weighted by Crippen LogP contribution is 2.31. The van der Waals surface area contributed by atoms with Crippen molar-refractivity contribution in [2.45, 2.75) is 12.8 Å². The van der Waals surface area contributed by atoms with Crippen molar-refractivity contribution in [1.29, 1.82) is 0 Å². The number of carbonyl (C=O) groups excluding carboxylic acids is 1. The second-order valence-electron chi connectivity index (χ2n) is 5.07. The van der Waals surface area contributed by atoms with E-state index in [0.29, 0.717) is 10.6 Å². The number of aryl methyl sites for hydroxylation is 1. The average Bonchev–Trinajstić information content (AvgIpc) is 2.53. The summed E-state index contributed by atoms with van der Waals surface area (Å²) in [5, 5.41) is 0.577. The van der Waals surface area contributed by atoms with Gasteiger partial charge in [-0.2, -0.15) is 0 Å². The Hall–Kier alpha value is -2.00. The van der Waals surface area contributed by atoms with Crippen molar-refractivity contribution in [2.75, 3.05) is 18.6 Å². The number of halogens is 1. The van der Waals surface area contributed by atoms with Crippen molar-refractivity contribution < 1.29 is 9.53 Å². The number of fused-ring (bicyclic) bond motifs is 1. The van der Waals surface area contributed by atoms with Crippen LogP contribution in [0.4, 0.5) is 5.69 Å². The van der Waals surface area contributed by atoms with E-state index in [1.54, 1.807) is 31.4 Å². The molecular formula is C17H16ClNO2. The highest BCUT2D eigenvalue weighted by molar-refractivity contribution is 6.31. The summed E-state index contributed by atoms with van der Waals surface area (Å²) in [6.07, 6.45) is 1.92. The molecule has 0 radical (unpaired) electrons. The van der Waals surface area contributed by atoms with E-state index in [4.69, 9.17) is 16.3 Å². The van der Waals surface area contributed by atoms with Gasteiger partial charge < -0.3 is 9.64 Å². The highest BCUT2D eigenvalue weighted by atomic mass is 35.5. The molecule has 21 heavy (non-hydrogen) atoms. The van der Waals surface area contributed by atoms with Crippen LogP contribution in [0, 0.1) is 0 Å². The maximum Gasteiger partial charge on any atom is 0.258 e. The van der Waals surface area contributed by atoms with Crippen LogP contribution >= 0.6 is 11.6 Å². The summed E-state index contributed by atoms with van der Waals surface area (Å²) in [5.41, 5.74) is 2.73. The molecule has 0 fully saturated rings. The zero-order valence-electron chi connectivity index (χ0n) is 11.8. The van der Waals surface area contributed by atoms with E-state index in [0.717, 1.165) is 36.4 Å². The number of carbonyl (C=O) groups is 1. The smallest absolute Gasteiger partial charge is 0.258 e. The first kappa shape index (κ1) is 14.0. The lowest BCUT2D eigenvalue weighted by atomic mass is 10.0. The van der Waals surface area contributed by atoms with Crippen LogP contribution in [0.2, 0.25) is 5.02 Å². The molecule has 3 nitrogen and oxygen atoms in total. The number of anilines is 1. The summed E-state index contributed by atoms with van der Waals surface area (Å²) in [5.74, 6) is 0.814. The SMILES string of the molecule is COc1ccc2c(c1)CCCN2C(=O)c1cccc(Cl)c1. The monoisotopic (exact) mass is 301 g/mol. The standard InChI is InChI=1S/C17H16ClNO2/c1-21-15-7-8-16-12(11-15)5-3-9-19(16)17(20)13-4-2-6-14(18)10-13/h2,4,6-8,10-11H,3,5,9H2,1H3. The summed E-state index contributed by atoms with van der Waals surface area (Å²) in [7, 11) is 1.65. The molecule has 0 saturated heterocycles. The van der Waals surface area contributed by atoms with Gasteiger partial charge >= 0.3 is 0 Å². The molecule has 0 N–H and O–H groups in total. The predicted molar refractivity (Wildman–Crippen MR) is 84.4 cm³/mol. The van der Waals surface area contributed by atoms with E-state index >= 15 is 0 Å². The maximum atomic E-state index is 12.7. The molecule has 4 heteroatoms. The second-order valence-corrected chi connectivity index (χ2v) is 5.50. The van der Waals surface area contributed by atoms with Crippen LogP contribution in [-0.2, 0) is 6.42 Å². The molecule has 0 aromatic heterocycles. The number of methoxy groups -OCH3 is 1. The Morgan fingerprint density at radius 3 is 2.86 bits per heavy atom. The molecule has 3 rings (SSSR count). The number of hydrogen-bond donors (Lipinski definition) is 0. The Kier molecular flexibility index (Phi) is 3.84. The lowest BCUT2D eigenvalue weighted by Crippen LogP contribution is -2.35. The van der Waals surface area contributed by atoms with Gasteiger partial charge in [0.15, 0.2) is 0 Å². The van der Waals surface area contributed by atoms with Crippen LogP contribution in [-0.4, -0.2) is 19.6 Å². The molecule has 0 unspecified atom stereocenters. The minimum absolute atomic E-state index is 0.0105. The molecule has 2 aromatic carbocycles. The molecule has 0 saturated carbocycles. The number of rotatable bonds is 2. The van der Waals surface area contributed by atoms with Crippen molar-refractivity contribution in [2.24, 2.45) is 0 Å². The van der Waals surface area contributed by atoms with Crippen molar-refractivity contribution in [1.82, 2.24) is 0 Å². The topological polar surface area (TPSA) is 29.5 Å². The normalized spacial score (nSPS) is 13.7. The molecule has 1 heterocycles. The van der Waals surface area contributed by atoms with Crippen LogP contribution in [0.1, 0.15) is 22.3 Å². The summed E-state index contributed by atoms with van der Waals surface area (Å²) in [6, 6.07) is 12.9. The van der Waals surface area contributed by atoms with Gasteiger partial charge in [-0.3, -0.25) is 4.79 Å². The van der Waals surface area contributed by atoms with E-state index in [-0.39, 0.29) is 5.91 Å². The molecule has 0 bridgehead atoms. The molecule has 0 spiro atoms. The van der Waals surface area contributed by atoms with E-state index < -0.39 is 0 Å². The number of hydrogen-bond acceptors (Lipinski definition) is 2. The second kappa shape index (κ2) is 5.78. The minimum atomic E-state index is -0.0105. The lowest BCUT2D eigenvalue weighted by Gasteiger charge is -2.30. The number of benzene rings is 2. The molecule has 1 amide bonds. The van der Waals surface area contributed by atoms with Gasteiger partial charge in [0.1, 0.15) is 5.75 Å². The van der Waals surface area contributed by atoms with E-state index in [1.165, 1.54) is 0 Å². The van der Waals surface area contributed by atoms with Crippen LogP contribution < -0.4 is 9.64 Å². The zero-order valence-corrected chi connectivity index (χ0v) is 12.6. The average molecular weight is 302 g/mol. The molecule has 1 aliphatic heterocycles. The summed E-state index contributed by atoms with van der Waals surface area (Å²) in [6.45, 7) is 0.727. The Morgan fingerprint density at radius 1 is 1.24 bits per heavy atom. The quantitative estimate of drug-likeness (QED) is 0.841. The van der Waals surface area contributed by atoms with Gasteiger partial charge in [-0.1, -0.05) is 17.7 Å².